The van der Waals surface area contributed by atoms with Crippen LogP contribution < -0.4 is 0 Å². The standard InChI is InChI=1S/C15H24O.H3O2P/c1-10-8-11(14(2,3)4)13(16)12(9-10)15(5,6)7;1-3-2/h8-9,16H,1-7H3;3H2,(H,1,2). The lowest BCUT2D eigenvalue weighted by Crippen LogP contribution is -2.17. The van der Waals surface area contributed by atoms with Crippen LogP contribution in [0, 0.1) is 6.92 Å². The highest BCUT2D eigenvalue weighted by Crippen LogP contribution is 2.39. The van der Waals surface area contributed by atoms with Crippen molar-refractivity contribution < 1.29 is 14.6 Å². The van der Waals surface area contributed by atoms with Crippen molar-refractivity contribution in [1.82, 2.24) is 0 Å². The number of hydrogen-bond acceptors (Lipinski definition) is 2. The van der Waals surface area contributed by atoms with Gasteiger partial charge in [0.1, 0.15) is 5.75 Å². The Morgan fingerprint density at radius 3 is 1.42 bits per heavy atom. The van der Waals surface area contributed by atoms with E-state index in [0.717, 1.165) is 11.1 Å². The van der Waals surface area contributed by atoms with Crippen LogP contribution in [0.15, 0.2) is 12.1 Å². The Hall–Kier alpha value is -0.790. The summed E-state index contributed by atoms with van der Waals surface area (Å²) in [6, 6.07) is 4.18. The van der Waals surface area contributed by atoms with E-state index in [1.807, 2.05) is 0 Å². The molecule has 1 aromatic carbocycles. The minimum Gasteiger partial charge on any atom is -0.507 e. The van der Waals surface area contributed by atoms with Crippen LogP contribution in [0.2, 0.25) is 0 Å². The van der Waals surface area contributed by atoms with Gasteiger partial charge in [0.2, 0.25) is 0 Å². The van der Waals surface area contributed by atoms with Crippen molar-refractivity contribution in [1.29, 1.82) is 0 Å². The number of aryl methyl sites for hydroxylation is 1. The third-order valence-corrected chi connectivity index (χ3v) is 2.87. The molecule has 0 aliphatic rings. The fraction of sp³-hybridized carbons (Fsp3) is 0.600. The van der Waals surface area contributed by atoms with Crippen molar-refractivity contribution >= 4 is 8.69 Å². The third kappa shape index (κ3) is 5.38. The van der Waals surface area contributed by atoms with Gasteiger partial charge in [-0.15, -0.1) is 0 Å². The Labute approximate surface area is 118 Å². The smallest absolute Gasteiger partial charge is 0.177 e. The van der Waals surface area contributed by atoms with Crippen LogP contribution >= 0.6 is 8.69 Å². The molecular formula is C15H27O3P. The van der Waals surface area contributed by atoms with Crippen molar-refractivity contribution in [3.05, 3.63) is 28.8 Å². The first-order chi connectivity index (χ1) is 8.45. The first-order valence-corrected chi connectivity index (χ1v) is 7.36. The first kappa shape index (κ1) is 18.2. The molecule has 1 aromatic rings. The Morgan fingerprint density at radius 1 is 0.947 bits per heavy atom. The highest BCUT2D eigenvalue weighted by molar-refractivity contribution is 7.16. The summed E-state index contributed by atoms with van der Waals surface area (Å²) < 4.78 is 8.57. The van der Waals surface area contributed by atoms with E-state index in [4.69, 9.17) is 9.46 Å². The molecule has 110 valence electrons. The molecule has 0 bridgehead atoms. The summed E-state index contributed by atoms with van der Waals surface area (Å²) in [7, 11) is -1.50. The molecule has 0 aliphatic heterocycles. The second kappa shape index (κ2) is 6.58. The van der Waals surface area contributed by atoms with Gasteiger partial charge in [0.15, 0.2) is 8.69 Å². The molecule has 0 spiro atoms. The number of phenols is 1. The van der Waals surface area contributed by atoms with Gasteiger partial charge in [0, 0.05) is 0 Å². The molecule has 0 saturated heterocycles. The summed E-state index contributed by atoms with van der Waals surface area (Å²) in [6.07, 6.45) is 0. The summed E-state index contributed by atoms with van der Waals surface area (Å²) in [5.41, 5.74) is 3.26. The summed E-state index contributed by atoms with van der Waals surface area (Å²) >= 11 is 0. The molecule has 0 aromatic heterocycles. The predicted octanol–water partition coefficient (Wildman–Crippen LogP) is 3.95. The summed E-state index contributed by atoms with van der Waals surface area (Å²) in [5, 5.41) is 10.4. The Bertz CT molecular complexity index is 405. The highest BCUT2D eigenvalue weighted by atomic mass is 31.1. The van der Waals surface area contributed by atoms with Crippen LogP contribution in [0.5, 0.6) is 5.75 Å². The van der Waals surface area contributed by atoms with Crippen molar-refractivity contribution in [3.63, 3.8) is 0 Å². The fourth-order valence-corrected chi connectivity index (χ4v) is 1.92. The normalized spacial score (nSPS) is 12.4. The molecule has 0 aliphatic carbocycles. The van der Waals surface area contributed by atoms with Crippen molar-refractivity contribution in [3.8, 4) is 5.75 Å². The number of hydrogen-bond donors (Lipinski definition) is 2. The molecule has 2 N–H and O–H groups in total. The van der Waals surface area contributed by atoms with Gasteiger partial charge < -0.3 is 10.00 Å². The van der Waals surface area contributed by atoms with Gasteiger partial charge in [-0.2, -0.15) is 0 Å². The summed E-state index contributed by atoms with van der Waals surface area (Å²) in [4.78, 5) is 7.10. The first-order valence-electron chi connectivity index (χ1n) is 6.37. The number of phenolic OH excluding ortho intramolecular Hbond substituents is 1. The van der Waals surface area contributed by atoms with Crippen molar-refractivity contribution in [2.75, 3.05) is 0 Å². The van der Waals surface area contributed by atoms with E-state index in [9.17, 15) is 5.11 Å². The van der Waals surface area contributed by atoms with Crippen molar-refractivity contribution in [2.45, 2.75) is 59.3 Å². The van der Waals surface area contributed by atoms with Crippen LogP contribution in [0.1, 0.15) is 58.2 Å². The van der Waals surface area contributed by atoms with Gasteiger partial charge in [0.05, 0.1) is 0 Å². The van der Waals surface area contributed by atoms with Gasteiger partial charge in [-0.3, -0.25) is 4.57 Å². The molecule has 1 atom stereocenters. The lowest BCUT2D eigenvalue weighted by molar-refractivity contribution is 0.423. The molecule has 4 heteroatoms. The second-order valence-corrected chi connectivity index (χ2v) is 7.02. The molecule has 0 radical (unpaired) electrons. The molecule has 0 heterocycles. The van der Waals surface area contributed by atoms with Crippen LogP contribution in [0.3, 0.4) is 0 Å². The Kier molecular flexibility index (Phi) is 6.31. The largest absolute Gasteiger partial charge is 0.507 e. The molecular weight excluding hydrogens is 259 g/mol. The minimum absolute atomic E-state index is 0.0178. The average molecular weight is 286 g/mol. The zero-order valence-corrected chi connectivity index (χ0v) is 14.2. The van der Waals surface area contributed by atoms with Gasteiger partial charge in [-0.05, 0) is 28.9 Å². The van der Waals surface area contributed by atoms with Gasteiger partial charge in [-0.1, -0.05) is 59.2 Å². The molecule has 0 amide bonds. The van der Waals surface area contributed by atoms with E-state index in [1.54, 1.807) is 0 Å². The summed E-state index contributed by atoms with van der Waals surface area (Å²) in [6.45, 7) is 14.9. The maximum Gasteiger partial charge on any atom is 0.177 e. The minimum atomic E-state index is -1.50. The maximum absolute atomic E-state index is 10.4. The molecule has 19 heavy (non-hydrogen) atoms. The van der Waals surface area contributed by atoms with Gasteiger partial charge >= 0.3 is 0 Å². The van der Waals surface area contributed by atoms with Gasteiger partial charge in [0.25, 0.3) is 0 Å². The van der Waals surface area contributed by atoms with Crippen LogP contribution in [0.4, 0.5) is 0 Å². The lowest BCUT2D eigenvalue weighted by atomic mass is 9.78. The molecule has 1 rings (SSSR count). The Balaban J connectivity index is 0.000000982. The van der Waals surface area contributed by atoms with Crippen molar-refractivity contribution in [2.24, 2.45) is 0 Å². The fourth-order valence-electron chi connectivity index (χ4n) is 1.92. The second-order valence-electron chi connectivity index (χ2n) is 6.81. The summed E-state index contributed by atoms with van der Waals surface area (Å²) in [5.74, 6) is 0.464. The molecule has 3 nitrogen and oxygen atoms in total. The lowest BCUT2D eigenvalue weighted by Gasteiger charge is -2.27. The van der Waals surface area contributed by atoms with Crippen LogP contribution in [0.25, 0.3) is 0 Å². The monoisotopic (exact) mass is 286 g/mol. The van der Waals surface area contributed by atoms with E-state index >= 15 is 0 Å². The number of rotatable bonds is 0. The molecule has 0 fully saturated rings. The average Bonchev–Trinajstić information content (AvgIpc) is 2.19. The van der Waals surface area contributed by atoms with Crippen LogP contribution in [-0.2, 0) is 15.4 Å². The third-order valence-electron chi connectivity index (χ3n) is 2.87. The van der Waals surface area contributed by atoms with E-state index in [1.165, 1.54) is 5.56 Å². The SMILES string of the molecule is Cc1cc(C(C)(C)C)c(O)c(C(C)(C)C)c1.O=[PH2]O. The predicted molar refractivity (Wildman–Crippen MR) is 82.9 cm³/mol. The van der Waals surface area contributed by atoms with E-state index < -0.39 is 8.69 Å². The van der Waals surface area contributed by atoms with Gasteiger partial charge in [-0.25, -0.2) is 0 Å². The van der Waals surface area contributed by atoms with E-state index in [2.05, 4.69) is 60.6 Å². The number of benzene rings is 1. The topological polar surface area (TPSA) is 57.5 Å². The zero-order valence-electron chi connectivity index (χ0n) is 13.0. The van der Waals surface area contributed by atoms with E-state index in [0.29, 0.717) is 5.75 Å². The molecule has 1 unspecified atom stereocenters. The highest BCUT2D eigenvalue weighted by Gasteiger charge is 2.25. The number of aromatic hydroxyl groups is 1. The zero-order chi connectivity index (χ0) is 15.4. The van der Waals surface area contributed by atoms with Crippen LogP contribution in [-0.4, -0.2) is 10.00 Å². The molecule has 0 saturated carbocycles. The quantitative estimate of drug-likeness (QED) is 0.710. The van der Waals surface area contributed by atoms with E-state index in [-0.39, 0.29) is 10.8 Å². The Morgan fingerprint density at radius 2 is 1.21 bits per heavy atom. The maximum atomic E-state index is 10.4.